The van der Waals surface area contributed by atoms with Crippen LogP contribution >= 0.6 is 24.0 Å². The van der Waals surface area contributed by atoms with E-state index in [2.05, 4.69) is 5.10 Å². The summed E-state index contributed by atoms with van der Waals surface area (Å²) in [5, 5.41) is 5.27. The van der Waals surface area contributed by atoms with Crippen molar-refractivity contribution in [3.8, 4) is 11.3 Å². The van der Waals surface area contributed by atoms with Gasteiger partial charge in [-0.05, 0) is 30.7 Å². The molecule has 0 unspecified atom stereocenters. The maximum Gasteiger partial charge on any atom is 0.338 e. The van der Waals surface area contributed by atoms with E-state index in [0.717, 1.165) is 18.4 Å². The number of unbranched alkanes of at least 4 members (excludes halogenated alkanes) is 1. The standard InChI is InChI=1S/C19H18N2O4S2/c1-2-3-10-24-18(23)14-6-4-13(5-7-14)16-9-8-15(25-16)11-20-21-17(22)12-27-19(21)26/h4-9,11H,2-3,10,12H2,1H3/b20-11+. The number of hydrogen-bond acceptors (Lipinski definition) is 7. The minimum absolute atomic E-state index is 0.144. The number of carbonyl (C=O) groups excluding carboxylic acids is 2. The Labute approximate surface area is 166 Å². The summed E-state index contributed by atoms with van der Waals surface area (Å²) < 4.78 is 11.4. The molecule has 0 bridgehead atoms. The van der Waals surface area contributed by atoms with E-state index in [9.17, 15) is 9.59 Å². The molecular weight excluding hydrogens is 384 g/mol. The summed E-state index contributed by atoms with van der Waals surface area (Å²) in [5.74, 6) is 0.973. The van der Waals surface area contributed by atoms with Gasteiger partial charge in [0.15, 0.2) is 4.32 Å². The van der Waals surface area contributed by atoms with Crippen molar-refractivity contribution in [2.45, 2.75) is 19.8 Å². The number of esters is 1. The number of ether oxygens (including phenoxy) is 1. The van der Waals surface area contributed by atoms with Gasteiger partial charge in [0.2, 0.25) is 0 Å². The molecule has 27 heavy (non-hydrogen) atoms. The van der Waals surface area contributed by atoms with Gasteiger partial charge in [-0.3, -0.25) is 4.79 Å². The van der Waals surface area contributed by atoms with Crippen molar-refractivity contribution in [1.29, 1.82) is 0 Å². The lowest BCUT2D eigenvalue weighted by molar-refractivity contribution is -0.124. The lowest BCUT2D eigenvalue weighted by atomic mass is 10.1. The SMILES string of the molecule is CCCCOC(=O)c1ccc(-c2ccc(/C=N/N3C(=O)CSC3=S)o2)cc1. The molecular formula is C19H18N2O4S2. The van der Waals surface area contributed by atoms with Crippen LogP contribution < -0.4 is 0 Å². The van der Waals surface area contributed by atoms with E-state index in [0.29, 0.717) is 33.8 Å². The zero-order valence-electron chi connectivity index (χ0n) is 14.7. The molecule has 0 N–H and O–H groups in total. The van der Waals surface area contributed by atoms with Crippen LogP contribution in [-0.2, 0) is 9.53 Å². The molecule has 2 aromatic rings. The molecule has 0 atom stereocenters. The summed E-state index contributed by atoms with van der Waals surface area (Å²) in [6, 6.07) is 10.6. The molecule has 8 heteroatoms. The van der Waals surface area contributed by atoms with E-state index in [1.165, 1.54) is 23.0 Å². The second-order valence-corrected chi connectivity index (χ2v) is 7.38. The second kappa shape index (κ2) is 8.96. The summed E-state index contributed by atoms with van der Waals surface area (Å²) in [6.07, 6.45) is 3.29. The summed E-state index contributed by atoms with van der Waals surface area (Å²) in [6.45, 7) is 2.47. The third-order valence-electron chi connectivity index (χ3n) is 3.79. The maximum atomic E-state index is 11.9. The average Bonchev–Trinajstić information content (AvgIpc) is 3.27. The molecule has 3 rings (SSSR count). The van der Waals surface area contributed by atoms with Crippen molar-refractivity contribution in [1.82, 2.24) is 5.01 Å². The van der Waals surface area contributed by atoms with E-state index in [1.807, 2.05) is 6.92 Å². The largest absolute Gasteiger partial charge is 0.462 e. The first-order valence-electron chi connectivity index (χ1n) is 8.49. The number of nitrogens with zero attached hydrogens (tertiary/aromatic N) is 2. The lowest BCUT2D eigenvalue weighted by Crippen LogP contribution is -2.22. The molecule has 0 radical (unpaired) electrons. The van der Waals surface area contributed by atoms with Crippen molar-refractivity contribution in [3.05, 3.63) is 47.7 Å². The molecule has 0 saturated carbocycles. The maximum absolute atomic E-state index is 11.9. The molecule has 0 aliphatic carbocycles. The Bertz CT molecular complexity index is 858. The molecule has 1 aromatic heterocycles. The van der Waals surface area contributed by atoms with E-state index in [1.54, 1.807) is 36.4 Å². The van der Waals surface area contributed by atoms with Crippen molar-refractivity contribution in [3.63, 3.8) is 0 Å². The van der Waals surface area contributed by atoms with Gasteiger partial charge in [-0.15, -0.1) is 0 Å². The van der Waals surface area contributed by atoms with Crippen molar-refractivity contribution in [2.75, 3.05) is 12.4 Å². The van der Waals surface area contributed by atoms with Crippen LogP contribution in [0, 0.1) is 0 Å². The van der Waals surface area contributed by atoms with Gasteiger partial charge in [-0.1, -0.05) is 49.5 Å². The molecule has 1 aliphatic heterocycles. The van der Waals surface area contributed by atoms with Crippen LogP contribution in [0.25, 0.3) is 11.3 Å². The highest BCUT2D eigenvalue weighted by Gasteiger charge is 2.26. The Balaban J connectivity index is 1.65. The van der Waals surface area contributed by atoms with Gasteiger partial charge in [0.25, 0.3) is 5.91 Å². The molecule has 1 fully saturated rings. The first-order chi connectivity index (χ1) is 13.1. The van der Waals surface area contributed by atoms with E-state index < -0.39 is 0 Å². The first-order valence-corrected chi connectivity index (χ1v) is 9.89. The molecule has 140 valence electrons. The van der Waals surface area contributed by atoms with Gasteiger partial charge in [-0.2, -0.15) is 10.1 Å². The number of benzene rings is 1. The predicted molar refractivity (Wildman–Crippen MR) is 109 cm³/mol. The third kappa shape index (κ3) is 4.84. The molecule has 1 saturated heterocycles. The fourth-order valence-corrected chi connectivity index (χ4v) is 3.28. The number of furan rings is 1. The molecule has 1 amide bonds. The van der Waals surface area contributed by atoms with Crippen molar-refractivity contribution < 1.29 is 18.7 Å². The van der Waals surface area contributed by atoms with Crippen LogP contribution in [0.15, 0.2) is 45.9 Å². The second-order valence-electron chi connectivity index (χ2n) is 5.77. The molecule has 1 aromatic carbocycles. The Morgan fingerprint density at radius 3 is 2.78 bits per heavy atom. The first kappa shape index (κ1) is 19.3. The van der Waals surface area contributed by atoms with E-state index in [-0.39, 0.29) is 11.9 Å². The highest BCUT2D eigenvalue weighted by atomic mass is 32.2. The van der Waals surface area contributed by atoms with E-state index in [4.69, 9.17) is 21.4 Å². The average molecular weight is 402 g/mol. The number of carbonyl (C=O) groups is 2. The minimum atomic E-state index is -0.327. The third-order valence-corrected chi connectivity index (χ3v) is 5.13. The summed E-state index contributed by atoms with van der Waals surface area (Å²) in [4.78, 5) is 23.6. The van der Waals surface area contributed by atoms with Crippen LogP contribution in [0.4, 0.5) is 0 Å². The normalized spacial score (nSPS) is 14.3. The quantitative estimate of drug-likeness (QED) is 0.301. The Hall–Kier alpha value is -2.45. The lowest BCUT2D eigenvalue weighted by Gasteiger charge is -2.05. The Morgan fingerprint density at radius 2 is 2.11 bits per heavy atom. The number of hydrazone groups is 1. The summed E-state index contributed by atoms with van der Waals surface area (Å²) in [5.41, 5.74) is 1.32. The molecule has 2 heterocycles. The zero-order chi connectivity index (χ0) is 19.2. The fourth-order valence-electron chi connectivity index (χ4n) is 2.31. The summed E-state index contributed by atoms with van der Waals surface area (Å²) >= 11 is 6.35. The summed E-state index contributed by atoms with van der Waals surface area (Å²) in [7, 11) is 0. The number of amides is 1. The van der Waals surface area contributed by atoms with Crippen LogP contribution in [0.3, 0.4) is 0 Å². The fraction of sp³-hybridized carbons (Fsp3) is 0.263. The van der Waals surface area contributed by atoms with E-state index >= 15 is 0 Å². The number of thiocarbonyl (C=S) groups is 1. The van der Waals surface area contributed by atoms with Crippen LogP contribution in [0.5, 0.6) is 0 Å². The number of hydrogen-bond donors (Lipinski definition) is 0. The number of rotatable bonds is 7. The van der Waals surface area contributed by atoms with Crippen LogP contribution in [0.2, 0.25) is 0 Å². The highest BCUT2D eigenvalue weighted by molar-refractivity contribution is 8.23. The molecule has 1 aliphatic rings. The Kier molecular flexibility index (Phi) is 6.41. The topological polar surface area (TPSA) is 72.1 Å². The van der Waals surface area contributed by atoms with Gasteiger partial charge < -0.3 is 9.15 Å². The number of thioether (sulfide) groups is 1. The minimum Gasteiger partial charge on any atom is -0.462 e. The monoisotopic (exact) mass is 402 g/mol. The van der Waals surface area contributed by atoms with Gasteiger partial charge in [0, 0.05) is 5.56 Å². The van der Waals surface area contributed by atoms with Crippen molar-refractivity contribution in [2.24, 2.45) is 5.10 Å². The highest BCUT2D eigenvalue weighted by Crippen LogP contribution is 2.23. The zero-order valence-corrected chi connectivity index (χ0v) is 16.3. The van der Waals surface area contributed by atoms with Crippen LogP contribution in [0.1, 0.15) is 35.9 Å². The molecule has 6 nitrogen and oxygen atoms in total. The smallest absolute Gasteiger partial charge is 0.338 e. The van der Waals surface area contributed by atoms with Gasteiger partial charge >= 0.3 is 5.97 Å². The Morgan fingerprint density at radius 1 is 1.33 bits per heavy atom. The van der Waals surface area contributed by atoms with Gasteiger partial charge in [0.05, 0.1) is 24.1 Å². The van der Waals surface area contributed by atoms with Gasteiger partial charge in [0.1, 0.15) is 11.5 Å². The molecule has 0 spiro atoms. The van der Waals surface area contributed by atoms with Crippen LogP contribution in [-0.4, -0.2) is 39.8 Å². The predicted octanol–water partition coefficient (Wildman–Crippen LogP) is 4.10. The van der Waals surface area contributed by atoms with Gasteiger partial charge in [-0.25, -0.2) is 4.79 Å². The van der Waals surface area contributed by atoms with Crippen molar-refractivity contribution >= 4 is 46.4 Å².